The molecular weight excluding hydrogens is 542 g/mol. The van der Waals surface area contributed by atoms with Gasteiger partial charge < -0.3 is 24.3 Å². The number of ether oxygens (including phenoxy) is 4. The van der Waals surface area contributed by atoms with E-state index in [2.05, 4.69) is 15.3 Å². The van der Waals surface area contributed by atoms with E-state index in [-0.39, 0.29) is 60.1 Å². The summed E-state index contributed by atoms with van der Waals surface area (Å²) in [6, 6.07) is 0. The second-order valence-corrected chi connectivity index (χ2v) is 8.55. The van der Waals surface area contributed by atoms with Crippen molar-refractivity contribution in [2.24, 2.45) is 14.1 Å². The zero-order valence-corrected chi connectivity index (χ0v) is 23.2. The third kappa shape index (κ3) is 4.58. The first-order valence-corrected chi connectivity index (χ1v) is 12.7. The van der Waals surface area contributed by atoms with E-state index in [1.165, 1.54) is 21.0 Å². The Bertz CT molecular complexity index is 1750. The molecule has 1 aliphatic heterocycles. The van der Waals surface area contributed by atoms with Gasteiger partial charge in [-0.3, -0.25) is 13.9 Å². The molecule has 0 bridgehead atoms. The highest BCUT2D eigenvalue weighted by Crippen LogP contribution is 2.44. The van der Waals surface area contributed by atoms with Crippen LogP contribution in [0.5, 0.6) is 0 Å². The molecule has 0 aromatic carbocycles. The molecule has 15 nitrogen and oxygen atoms in total. The second kappa shape index (κ2) is 11.2. The Kier molecular flexibility index (Phi) is 7.89. The number of anilines is 2. The molecule has 0 radical (unpaired) electrons. The summed E-state index contributed by atoms with van der Waals surface area (Å²) in [4.78, 5) is 87.7. The van der Waals surface area contributed by atoms with Crippen LogP contribution in [0.15, 0.2) is 9.59 Å². The third-order valence-corrected chi connectivity index (χ3v) is 6.17. The van der Waals surface area contributed by atoms with Crippen molar-refractivity contribution in [1.82, 2.24) is 19.1 Å². The van der Waals surface area contributed by atoms with Crippen LogP contribution in [0, 0.1) is 0 Å². The normalized spacial score (nSPS) is 11.4. The first kappa shape index (κ1) is 28.9. The Morgan fingerprint density at radius 2 is 1.20 bits per heavy atom. The summed E-state index contributed by atoms with van der Waals surface area (Å²) in [6.07, 6.45) is 0. The number of pyridine rings is 2. The molecule has 4 heterocycles. The van der Waals surface area contributed by atoms with Crippen molar-refractivity contribution in [2.75, 3.05) is 31.7 Å². The molecule has 3 aromatic rings. The lowest BCUT2D eigenvalue weighted by molar-refractivity contribution is 0.0471. The van der Waals surface area contributed by atoms with E-state index in [9.17, 15) is 28.8 Å². The van der Waals surface area contributed by atoms with Crippen LogP contribution in [0.1, 0.15) is 69.4 Å². The standard InChI is InChI=1S/C26H27N5O10/c1-7-38-22(33)12-15-11-16(13(23(34)39-8-2)19(27-15)25(36)41-10-4)29-20-14(21(32)31(6)26(37)30(20)5)17(11)28-18(12)24(35)40-9-3/h29H,7-10H2,1-6H3. The number of nitrogens with zero attached hydrogens (tertiary/aromatic N) is 4. The summed E-state index contributed by atoms with van der Waals surface area (Å²) in [5.41, 5.74) is -4.24. The van der Waals surface area contributed by atoms with Crippen LogP contribution in [-0.4, -0.2) is 69.4 Å². The topological polar surface area (TPSA) is 187 Å². The van der Waals surface area contributed by atoms with Gasteiger partial charge in [-0.2, -0.15) is 0 Å². The van der Waals surface area contributed by atoms with Gasteiger partial charge in [0, 0.05) is 14.1 Å². The van der Waals surface area contributed by atoms with E-state index in [1.54, 1.807) is 20.8 Å². The summed E-state index contributed by atoms with van der Waals surface area (Å²) in [6.45, 7) is 5.84. The molecule has 15 heteroatoms. The fourth-order valence-electron chi connectivity index (χ4n) is 4.45. The van der Waals surface area contributed by atoms with Crippen LogP contribution in [0.25, 0.3) is 22.2 Å². The van der Waals surface area contributed by atoms with Gasteiger partial charge in [-0.1, -0.05) is 0 Å². The number of rotatable bonds is 8. The maximum atomic E-state index is 13.4. The zero-order chi connectivity index (χ0) is 30.2. The van der Waals surface area contributed by atoms with Gasteiger partial charge in [0.15, 0.2) is 11.4 Å². The number of carbonyl (C=O) groups excluding carboxylic acids is 4. The molecule has 0 unspecified atom stereocenters. The Morgan fingerprint density at radius 1 is 0.707 bits per heavy atom. The van der Waals surface area contributed by atoms with Gasteiger partial charge in [0.1, 0.15) is 22.5 Å². The Balaban J connectivity index is 2.35. The highest BCUT2D eigenvalue weighted by atomic mass is 16.5. The van der Waals surface area contributed by atoms with Crippen molar-refractivity contribution < 1.29 is 38.1 Å². The largest absolute Gasteiger partial charge is 0.462 e. The maximum Gasteiger partial charge on any atom is 0.357 e. The van der Waals surface area contributed by atoms with Crippen LogP contribution in [0.4, 0.5) is 11.5 Å². The number of nitrogens with one attached hydrogen (secondary N) is 1. The molecule has 0 fully saturated rings. The van der Waals surface area contributed by atoms with Crippen molar-refractivity contribution >= 4 is 46.3 Å². The van der Waals surface area contributed by atoms with Gasteiger partial charge in [0.05, 0.1) is 48.7 Å². The molecule has 0 amide bonds. The van der Waals surface area contributed by atoms with Gasteiger partial charge in [0.25, 0.3) is 5.56 Å². The predicted molar refractivity (Wildman–Crippen MR) is 143 cm³/mol. The molecule has 216 valence electrons. The van der Waals surface area contributed by atoms with Gasteiger partial charge in [-0.15, -0.1) is 0 Å². The number of hydrogen-bond donors (Lipinski definition) is 1. The van der Waals surface area contributed by atoms with Gasteiger partial charge in [0.2, 0.25) is 0 Å². The van der Waals surface area contributed by atoms with E-state index >= 15 is 0 Å². The fraction of sp³-hybridized carbons (Fsp3) is 0.385. The van der Waals surface area contributed by atoms with Crippen LogP contribution >= 0.6 is 0 Å². The molecule has 0 saturated carbocycles. The lowest BCUT2D eigenvalue weighted by atomic mass is 9.94. The smallest absolute Gasteiger partial charge is 0.357 e. The molecule has 0 aliphatic carbocycles. The molecule has 0 saturated heterocycles. The summed E-state index contributed by atoms with van der Waals surface area (Å²) in [5, 5.41) is 2.82. The summed E-state index contributed by atoms with van der Waals surface area (Å²) in [5.74, 6) is -4.17. The zero-order valence-electron chi connectivity index (χ0n) is 23.2. The number of fused-ring (bicyclic) bond motifs is 2. The van der Waals surface area contributed by atoms with E-state index < -0.39 is 57.6 Å². The van der Waals surface area contributed by atoms with Crippen molar-refractivity contribution in [1.29, 1.82) is 0 Å². The number of carbonyl (C=O) groups is 4. The van der Waals surface area contributed by atoms with E-state index in [0.29, 0.717) is 0 Å². The molecule has 3 aromatic heterocycles. The number of esters is 4. The SMILES string of the molecule is CCOC(=O)c1nc2c(C(=O)OCC)c(C(=O)OCC)nc3c2c(c1C(=O)OCC)Nc1c-3c(=O)n(C)c(=O)n1C. The molecule has 1 N–H and O–H groups in total. The second-order valence-electron chi connectivity index (χ2n) is 8.55. The van der Waals surface area contributed by atoms with Crippen molar-refractivity contribution in [3.05, 3.63) is 43.4 Å². The summed E-state index contributed by atoms with van der Waals surface area (Å²) < 4.78 is 22.6. The van der Waals surface area contributed by atoms with Crippen LogP contribution in [0.2, 0.25) is 0 Å². The predicted octanol–water partition coefficient (Wildman–Crippen LogP) is 1.46. The van der Waals surface area contributed by atoms with Crippen molar-refractivity contribution in [3.8, 4) is 11.3 Å². The van der Waals surface area contributed by atoms with Gasteiger partial charge >= 0.3 is 29.6 Å². The Labute approximate surface area is 232 Å². The third-order valence-electron chi connectivity index (χ3n) is 6.17. The maximum absolute atomic E-state index is 13.4. The minimum Gasteiger partial charge on any atom is -0.462 e. The van der Waals surface area contributed by atoms with Crippen LogP contribution in [0.3, 0.4) is 0 Å². The summed E-state index contributed by atoms with van der Waals surface area (Å²) in [7, 11) is 2.62. The highest BCUT2D eigenvalue weighted by molar-refractivity contribution is 6.22. The first-order chi connectivity index (χ1) is 19.5. The van der Waals surface area contributed by atoms with Gasteiger partial charge in [-0.05, 0) is 27.7 Å². The molecular formula is C26H27N5O10. The highest BCUT2D eigenvalue weighted by Gasteiger charge is 2.38. The minimum atomic E-state index is -1.04. The van der Waals surface area contributed by atoms with Crippen molar-refractivity contribution in [2.45, 2.75) is 27.7 Å². The average Bonchev–Trinajstić information content (AvgIpc) is 2.94. The fourth-order valence-corrected chi connectivity index (χ4v) is 4.45. The van der Waals surface area contributed by atoms with Crippen molar-refractivity contribution in [3.63, 3.8) is 0 Å². The minimum absolute atomic E-state index is 0.0690. The average molecular weight is 570 g/mol. The van der Waals surface area contributed by atoms with E-state index in [0.717, 1.165) is 9.13 Å². The Morgan fingerprint density at radius 3 is 1.73 bits per heavy atom. The number of aromatic nitrogens is 4. The molecule has 4 rings (SSSR count). The summed E-state index contributed by atoms with van der Waals surface area (Å²) >= 11 is 0. The first-order valence-electron chi connectivity index (χ1n) is 12.7. The molecule has 1 aliphatic rings. The molecule has 41 heavy (non-hydrogen) atoms. The van der Waals surface area contributed by atoms with E-state index in [4.69, 9.17) is 18.9 Å². The molecule has 0 atom stereocenters. The van der Waals surface area contributed by atoms with Crippen LogP contribution in [-0.2, 0) is 33.0 Å². The quantitative estimate of drug-likeness (QED) is 0.237. The van der Waals surface area contributed by atoms with E-state index in [1.807, 2.05) is 0 Å². The Hall–Kier alpha value is -5.08. The van der Waals surface area contributed by atoms with Crippen LogP contribution < -0.4 is 16.6 Å². The lowest BCUT2D eigenvalue weighted by Crippen LogP contribution is -2.40. The van der Waals surface area contributed by atoms with Gasteiger partial charge in [-0.25, -0.2) is 33.9 Å². The lowest BCUT2D eigenvalue weighted by Gasteiger charge is -2.26. The monoisotopic (exact) mass is 569 g/mol. The molecule has 0 spiro atoms. The number of hydrogen-bond acceptors (Lipinski definition) is 13.